The first-order valence-corrected chi connectivity index (χ1v) is 6.24. The highest BCUT2D eigenvalue weighted by atomic mass is 16.5. The van der Waals surface area contributed by atoms with E-state index < -0.39 is 0 Å². The van der Waals surface area contributed by atoms with E-state index in [4.69, 9.17) is 15.2 Å². The molecule has 5 nitrogen and oxygen atoms in total. The van der Waals surface area contributed by atoms with Gasteiger partial charge in [-0.05, 0) is 25.1 Å². The zero-order valence-electron chi connectivity index (χ0n) is 11.8. The van der Waals surface area contributed by atoms with Gasteiger partial charge in [-0.3, -0.25) is 4.79 Å². The van der Waals surface area contributed by atoms with E-state index in [2.05, 4.69) is 0 Å². The number of rotatable bonds is 7. The molecule has 1 amide bonds. The van der Waals surface area contributed by atoms with Crippen molar-refractivity contribution >= 4 is 11.6 Å². The Morgan fingerprint density at radius 2 is 2.11 bits per heavy atom. The third kappa shape index (κ3) is 4.54. The molecule has 5 heteroatoms. The van der Waals surface area contributed by atoms with E-state index in [1.165, 1.54) is 0 Å². The van der Waals surface area contributed by atoms with Gasteiger partial charge in [0.1, 0.15) is 0 Å². The average Bonchev–Trinajstić information content (AvgIpc) is 2.39. The molecule has 0 saturated carbocycles. The van der Waals surface area contributed by atoms with Crippen LogP contribution in [0.2, 0.25) is 0 Å². The molecule has 1 rings (SSSR count). The van der Waals surface area contributed by atoms with E-state index in [1.807, 2.05) is 6.92 Å². The molecule has 1 aromatic rings. The van der Waals surface area contributed by atoms with E-state index >= 15 is 0 Å². The van der Waals surface area contributed by atoms with Crippen LogP contribution >= 0.6 is 0 Å². The molecule has 0 aliphatic carbocycles. The van der Waals surface area contributed by atoms with Crippen LogP contribution in [0.4, 0.5) is 5.69 Å². The lowest BCUT2D eigenvalue weighted by Gasteiger charge is -2.28. The number of carbonyl (C=O) groups excluding carboxylic acids is 1. The number of nitrogens with two attached hydrogens (primary N) is 1. The van der Waals surface area contributed by atoms with Gasteiger partial charge in [0.2, 0.25) is 0 Å². The molecule has 0 radical (unpaired) electrons. The van der Waals surface area contributed by atoms with Gasteiger partial charge in [-0.15, -0.1) is 0 Å². The van der Waals surface area contributed by atoms with Gasteiger partial charge in [0.25, 0.3) is 5.91 Å². The summed E-state index contributed by atoms with van der Waals surface area (Å²) >= 11 is 0. The van der Waals surface area contributed by atoms with Gasteiger partial charge in [0.15, 0.2) is 0 Å². The van der Waals surface area contributed by atoms with Crippen LogP contribution in [0.5, 0.6) is 0 Å². The van der Waals surface area contributed by atoms with Crippen LogP contribution in [-0.4, -0.2) is 50.8 Å². The van der Waals surface area contributed by atoms with Crippen molar-refractivity contribution in [2.24, 2.45) is 0 Å². The van der Waals surface area contributed by atoms with Crippen molar-refractivity contribution in [3.05, 3.63) is 29.8 Å². The minimum atomic E-state index is -0.0612. The first-order chi connectivity index (χ1) is 9.10. The monoisotopic (exact) mass is 266 g/mol. The molecule has 0 aliphatic heterocycles. The van der Waals surface area contributed by atoms with E-state index in [0.717, 1.165) is 0 Å². The van der Waals surface area contributed by atoms with Gasteiger partial charge in [-0.25, -0.2) is 0 Å². The number of amides is 1. The summed E-state index contributed by atoms with van der Waals surface area (Å²) < 4.78 is 10.2. The summed E-state index contributed by atoms with van der Waals surface area (Å²) in [5.74, 6) is -0.0612. The van der Waals surface area contributed by atoms with E-state index in [-0.39, 0.29) is 11.9 Å². The molecule has 1 aromatic carbocycles. The van der Waals surface area contributed by atoms with Crippen molar-refractivity contribution in [2.45, 2.75) is 13.0 Å². The van der Waals surface area contributed by atoms with Crippen molar-refractivity contribution < 1.29 is 14.3 Å². The highest BCUT2D eigenvalue weighted by Gasteiger charge is 2.21. The van der Waals surface area contributed by atoms with Crippen LogP contribution in [0.15, 0.2) is 24.3 Å². The number of carbonyl (C=O) groups is 1. The lowest BCUT2D eigenvalue weighted by Crippen LogP contribution is -2.43. The maximum absolute atomic E-state index is 12.5. The third-order valence-electron chi connectivity index (χ3n) is 2.87. The molecule has 0 aliphatic rings. The predicted molar refractivity (Wildman–Crippen MR) is 75.1 cm³/mol. The van der Waals surface area contributed by atoms with Gasteiger partial charge in [-0.1, -0.05) is 6.07 Å². The fraction of sp³-hybridized carbons (Fsp3) is 0.500. The third-order valence-corrected chi connectivity index (χ3v) is 2.87. The number of anilines is 1. The van der Waals surface area contributed by atoms with Crippen molar-refractivity contribution in [1.82, 2.24) is 4.90 Å². The number of nitrogens with zero attached hydrogens (tertiary/aromatic N) is 1. The SMILES string of the molecule is COCCN(C(=O)c1cccc(N)c1)C(C)COC. The Hall–Kier alpha value is -1.59. The van der Waals surface area contributed by atoms with Gasteiger partial charge in [0.05, 0.1) is 19.3 Å². The summed E-state index contributed by atoms with van der Waals surface area (Å²) in [6.07, 6.45) is 0. The first-order valence-electron chi connectivity index (χ1n) is 6.24. The summed E-state index contributed by atoms with van der Waals surface area (Å²) in [5.41, 5.74) is 6.87. The molecule has 1 unspecified atom stereocenters. The van der Waals surface area contributed by atoms with Gasteiger partial charge in [0, 0.05) is 32.0 Å². The van der Waals surface area contributed by atoms with Gasteiger partial charge < -0.3 is 20.1 Å². The summed E-state index contributed by atoms with van der Waals surface area (Å²) in [5, 5.41) is 0. The Labute approximate surface area is 114 Å². The fourth-order valence-corrected chi connectivity index (χ4v) is 1.88. The zero-order valence-corrected chi connectivity index (χ0v) is 11.8. The Morgan fingerprint density at radius 3 is 2.68 bits per heavy atom. The van der Waals surface area contributed by atoms with Gasteiger partial charge >= 0.3 is 0 Å². The maximum atomic E-state index is 12.5. The molecule has 2 N–H and O–H groups in total. The van der Waals surface area contributed by atoms with Crippen LogP contribution in [0.1, 0.15) is 17.3 Å². The Balaban J connectivity index is 2.86. The molecule has 0 aromatic heterocycles. The van der Waals surface area contributed by atoms with Crippen LogP contribution in [0.25, 0.3) is 0 Å². The van der Waals surface area contributed by atoms with E-state index in [0.29, 0.717) is 31.0 Å². The van der Waals surface area contributed by atoms with Crippen LogP contribution in [0, 0.1) is 0 Å². The fourth-order valence-electron chi connectivity index (χ4n) is 1.88. The Bertz CT molecular complexity index is 409. The molecule has 0 fully saturated rings. The Morgan fingerprint density at radius 1 is 1.37 bits per heavy atom. The second-order valence-corrected chi connectivity index (χ2v) is 4.42. The lowest BCUT2D eigenvalue weighted by molar-refractivity contribution is 0.0479. The lowest BCUT2D eigenvalue weighted by atomic mass is 10.1. The topological polar surface area (TPSA) is 64.8 Å². The number of nitrogen functional groups attached to an aromatic ring is 1. The summed E-state index contributed by atoms with van der Waals surface area (Å²) in [6.45, 7) is 3.44. The summed E-state index contributed by atoms with van der Waals surface area (Å²) in [6, 6.07) is 6.96. The van der Waals surface area contributed by atoms with Crippen molar-refractivity contribution in [1.29, 1.82) is 0 Å². The number of benzene rings is 1. The number of methoxy groups -OCH3 is 2. The van der Waals surface area contributed by atoms with Crippen LogP contribution in [-0.2, 0) is 9.47 Å². The van der Waals surface area contributed by atoms with Crippen LogP contribution < -0.4 is 5.73 Å². The highest BCUT2D eigenvalue weighted by molar-refractivity contribution is 5.95. The predicted octanol–water partition coefficient (Wildman–Crippen LogP) is 1.39. The minimum Gasteiger partial charge on any atom is -0.399 e. The molecule has 0 bridgehead atoms. The second kappa shape index (κ2) is 7.76. The molecule has 19 heavy (non-hydrogen) atoms. The summed E-state index contributed by atoms with van der Waals surface area (Å²) in [4.78, 5) is 14.2. The smallest absolute Gasteiger partial charge is 0.254 e. The largest absolute Gasteiger partial charge is 0.399 e. The number of hydrogen-bond acceptors (Lipinski definition) is 4. The Kier molecular flexibility index (Phi) is 6.32. The molecule has 0 heterocycles. The zero-order chi connectivity index (χ0) is 14.3. The normalized spacial score (nSPS) is 12.2. The van der Waals surface area contributed by atoms with Crippen LogP contribution in [0.3, 0.4) is 0 Å². The van der Waals surface area contributed by atoms with Gasteiger partial charge in [-0.2, -0.15) is 0 Å². The second-order valence-electron chi connectivity index (χ2n) is 4.42. The molecular formula is C14H22N2O3. The molecule has 0 spiro atoms. The number of ether oxygens (including phenoxy) is 2. The first kappa shape index (κ1) is 15.5. The molecule has 106 valence electrons. The standard InChI is InChI=1S/C14H22N2O3/c1-11(10-19-3)16(7-8-18-2)14(17)12-5-4-6-13(15)9-12/h4-6,9,11H,7-8,10,15H2,1-3H3. The van der Waals surface area contributed by atoms with Crippen molar-refractivity contribution in [2.75, 3.05) is 39.7 Å². The molecular weight excluding hydrogens is 244 g/mol. The van der Waals surface area contributed by atoms with Crippen molar-refractivity contribution in [3.8, 4) is 0 Å². The average molecular weight is 266 g/mol. The minimum absolute atomic E-state index is 0.0194. The quantitative estimate of drug-likeness (QED) is 0.757. The number of hydrogen-bond donors (Lipinski definition) is 1. The van der Waals surface area contributed by atoms with E-state index in [9.17, 15) is 4.79 Å². The molecule has 0 saturated heterocycles. The maximum Gasteiger partial charge on any atom is 0.254 e. The van der Waals surface area contributed by atoms with Crippen molar-refractivity contribution in [3.63, 3.8) is 0 Å². The highest BCUT2D eigenvalue weighted by Crippen LogP contribution is 2.12. The van der Waals surface area contributed by atoms with E-state index in [1.54, 1.807) is 43.4 Å². The summed E-state index contributed by atoms with van der Waals surface area (Å²) in [7, 11) is 3.24. The molecule has 1 atom stereocenters.